The Hall–Kier alpha value is -3.68. The SMILES string of the molecule is Cc1ccc(-n2nc(C(C)(C)C)c3nc(-c4ccc(OCCN5CCOCC5)c5ccccc45)[nH]c32)cc1. The number of nitrogens with zero attached hydrogens (tertiary/aromatic N) is 4. The van der Waals surface area contributed by atoms with Gasteiger partial charge in [0.2, 0.25) is 0 Å². The van der Waals surface area contributed by atoms with Gasteiger partial charge in [0.1, 0.15) is 23.7 Å². The van der Waals surface area contributed by atoms with Gasteiger partial charge in [0.05, 0.1) is 24.6 Å². The molecule has 0 spiro atoms. The number of imidazole rings is 1. The molecule has 2 aromatic heterocycles. The first kappa shape index (κ1) is 24.6. The number of nitrogens with one attached hydrogen (secondary N) is 1. The van der Waals surface area contributed by atoms with E-state index in [4.69, 9.17) is 19.6 Å². The van der Waals surface area contributed by atoms with Gasteiger partial charge in [-0.25, -0.2) is 9.67 Å². The monoisotopic (exact) mass is 509 g/mol. The van der Waals surface area contributed by atoms with Gasteiger partial charge in [-0.15, -0.1) is 0 Å². The van der Waals surface area contributed by atoms with E-state index in [1.807, 2.05) is 4.68 Å². The minimum absolute atomic E-state index is 0.152. The van der Waals surface area contributed by atoms with Crippen molar-refractivity contribution >= 4 is 21.9 Å². The zero-order valence-corrected chi connectivity index (χ0v) is 22.6. The van der Waals surface area contributed by atoms with Gasteiger partial charge in [0.25, 0.3) is 0 Å². The molecule has 7 nitrogen and oxygen atoms in total. The van der Waals surface area contributed by atoms with E-state index in [-0.39, 0.29) is 5.41 Å². The van der Waals surface area contributed by atoms with Gasteiger partial charge in [-0.2, -0.15) is 5.10 Å². The number of hydrogen-bond acceptors (Lipinski definition) is 5. The Morgan fingerprint density at radius 1 is 0.947 bits per heavy atom. The highest BCUT2D eigenvalue weighted by Gasteiger charge is 2.26. The molecule has 0 radical (unpaired) electrons. The summed E-state index contributed by atoms with van der Waals surface area (Å²) in [6.45, 7) is 13.7. The summed E-state index contributed by atoms with van der Waals surface area (Å²) in [6.07, 6.45) is 0. The average molecular weight is 510 g/mol. The fourth-order valence-electron chi connectivity index (χ4n) is 5.10. The van der Waals surface area contributed by atoms with Crippen molar-refractivity contribution in [2.24, 2.45) is 0 Å². The number of hydrogen-bond donors (Lipinski definition) is 1. The normalized spacial score (nSPS) is 14.9. The highest BCUT2D eigenvalue weighted by molar-refractivity contribution is 6.00. The smallest absolute Gasteiger partial charge is 0.161 e. The molecule has 1 aliphatic heterocycles. The number of aryl methyl sites for hydroxylation is 1. The first-order valence-corrected chi connectivity index (χ1v) is 13.4. The maximum absolute atomic E-state index is 6.28. The van der Waals surface area contributed by atoms with Crippen LogP contribution in [0.3, 0.4) is 0 Å². The summed E-state index contributed by atoms with van der Waals surface area (Å²) in [5.74, 6) is 1.73. The zero-order chi connectivity index (χ0) is 26.3. The molecule has 1 saturated heterocycles. The van der Waals surface area contributed by atoms with E-state index < -0.39 is 0 Å². The summed E-state index contributed by atoms with van der Waals surface area (Å²) >= 11 is 0. The molecule has 6 rings (SSSR count). The van der Waals surface area contributed by atoms with Crippen molar-refractivity contribution in [2.45, 2.75) is 33.1 Å². The molecule has 1 aliphatic rings. The van der Waals surface area contributed by atoms with Crippen LogP contribution < -0.4 is 4.74 Å². The van der Waals surface area contributed by atoms with Crippen LogP contribution in [0.2, 0.25) is 0 Å². The fraction of sp³-hybridized carbons (Fsp3) is 0.355. The Labute approximate surface area is 223 Å². The summed E-state index contributed by atoms with van der Waals surface area (Å²) < 4.78 is 13.7. The third-order valence-corrected chi connectivity index (χ3v) is 7.22. The van der Waals surface area contributed by atoms with Crippen LogP contribution in [0.25, 0.3) is 39.0 Å². The lowest BCUT2D eigenvalue weighted by Crippen LogP contribution is -2.38. The van der Waals surface area contributed by atoms with E-state index in [2.05, 4.69) is 98.2 Å². The van der Waals surface area contributed by atoms with Crippen molar-refractivity contribution < 1.29 is 9.47 Å². The van der Waals surface area contributed by atoms with E-state index in [1.165, 1.54) is 5.56 Å². The molecule has 5 aromatic rings. The molecular weight excluding hydrogens is 474 g/mol. The lowest BCUT2D eigenvalue weighted by molar-refractivity contribution is 0.0323. The van der Waals surface area contributed by atoms with Crippen LogP contribution in [-0.2, 0) is 10.2 Å². The van der Waals surface area contributed by atoms with Crippen molar-refractivity contribution in [1.29, 1.82) is 0 Å². The minimum atomic E-state index is -0.152. The number of H-pyrrole nitrogens is 1. The second-order valence-corrected chi connectivity index (χ2v) is 11.1. The number of ether oxygens (including phenoxy) is 2. The second-order valence-electron chi connectivity index (χ2n) is 11.1. The van der Waals surface area contributed by atoms with Crippen LogP contribution in [-0.4, -0.2) is 64.1 Å². The summed E-state index contributed by atoms with van der Waals surface area (Å²) in [7, 11) is 0. The van der Waals surface area contributed by atoms with Crippen molar-refractivity contribution in [1.82, 2.24) is 24.6 Å². The van der Waals surface area contributed by atoms with E-state index in [0.29, 0.717) is 6.61 Å². The number of morpholine rings is 1. The molecule has 0 unspecified atom stereocenters. The van der Waals surface area contributed by atoms with Crippen LogP contribution in [0.4, 0.5) is 0 Å². The van der Waals surface area contributed by atoms with Gasteiger partial charge < -0.3 is 14.5 Å². The van der Waals surface area contributed by atoms with E-state index in [0.717, 1.165) is 83.3 Å². The molecule has 0 aliphatic carbocycles. The van der Waals surface area contributed by atoms with Gasteiger partial charge >= 0.3 is 0 Å². The van der Waals surface area contributed by atoms with E-state index in [9.17, 15) is 0 Å². The molecule has 0 saturated carbocycles. The second kappa shape index (κ2) is 9.89. The van der Waals surface area contributed by atoms with E-state index in [1.54, 1.807) is 0 Å². The highest BCUT2D eigenvalue weighted by Crippen LogP contribution is 2.36. The molecule has 7 heteroatoms. The summed E-state index contributed by atoms with van der Waals surface area (Å²) in [5.41, 5.74) is 5.92. The molecule has 196 valence electrons. The summed E-state index contributed by atoms with van der Waals surface area (Å²) in [4.78, 5) is 11.1. The van der Waals surface area contributed by atoms with Crippen molar-refractivity contribution in [3.63, 3.8) is 0 Å². The molecule has 1 fully saturated rings. The Kier molecular flexibility index (Phi) is 6.41. The minimum Gasteiger partial charge on any atom is -0.492 e. The predicted octanol–water partition coefficient (Wildman–Crippen LogP) is 5.89. The lowest BCUT2D eigenvalue weighted by Gasteiger charge is -2.26. The third kappa shape index (κ3) is 4.68. The molecule has 0 atom stereocenters. The van der Waals surface area contributed by atoms with Gasteiger partial charge in [0.15, 0.2) is 5.65 Å². The number of fused-ring (bicyclic) bond motifs is 2. The summed E-state index contributed by atoms with van der Waals surface area (Å²) in [6, 6.07) is 21.0. The number of benzene rings is 3. The van der Waals surface area contributed by atoms with Crippen LogP contribution in [0, 0.1) is 6.92 Å². The van der Waals surface area contributed by atoms with Crippen LogP contribution >= 0.6 is 0 Å². The molecule has 0 bridgehead atoms. The highest BCUT2D eigenvalue weighted by atomic mass is 16.5. The van der Waals surface area contributed by atoms with Gasteiger partial charge in [-0.1, -0.05) is 62.7 Å². The Bertz CT molecular complexity index is 1570. The quantitative estimate of drug-likeness (QED) is 0.309. The topological polar surface area (TPSA) is 68.2 Å². The Morgan fingerprint density at radius 2 is 1.68 bits per heavy atom. The van der Waals surface area contributed by atoms with Gasteiger partial charge in [-0.3, -0.25) is 4.90 Å². The average Bonchev–Trinajstić information content (AvgIpc) is 3.49. The molecular formula is C31H35N5O2. The first-order chi connectivity index (χ1) is 18.4. The van der Waals surface area contributed by atoms with Crippen molar-refractivity contribution in [3.8, 4) is 22.8 Å². The lowest BCUT2D eigenvalue weighted by atomic mass is 9.92. The number of aromatic nitrogens is 4. The molecule has 0 amide bonds. The number of aromatic amines is 1. The molecule has 3 heterocycles. The van der Waals surface area contributed by atoms with E-state index >= 15 is 0 Å². The standard InChI is InChI=1S/C31H35N5O2/c1-21-9-11-22(12-10-21)36-30-27(28(34-36)31(2,3)4)32-29(33-30)25-13-14-26(24-8-6-5-7-23(24)25)38-20-17-35-15-18-37-19-16-35/h5-14H,15-20H2,1-4H3,(H,32,33). The van der Waals surface area contributed by atoms with Gasteiger partial charge in [-0.05, 0) is 36.6 Å². The number of rotatable bonds is 6. The Morgan fingerprint density at radius 3 is 2.42 bits per heavy atom. The van der Waals surface area contributed by atoms with Crippen LogP contribution in [0.1, 0.15) is 32.0 Å². The maximum Gasteiger partial charge on any atom is 0.161 e. The maximum atomic E-state index is 6.28. The molecule has 38 heavy (non-hydrogen) atoms. The van der Waals surface area contributed by atoms with Crippen LogP contribution in [0.15, 0.2) is 60.7 Å². The molecule has 3 aromatic carbocycles. The third-order valence-electron chi connectivity index (χ3n) is 7.22. The van der Waals surface area contributed by atoms with Crippen molar-refractivity contribution in [2.75, 3.05) is 39.5 Å². The zero-order valence-electron chi connectivity index (χ0n) is 22.6. The summed E-state index contributed by atoms with van der Waals surface area (Å²) in [5, 5.41) is 7.19. The fourth-order valence-corrected chi connectivity index (χ4v) is 5.10. The Balaban J connectivity index is 1.39. The van der Waals surface area contributed by atoms with Gasteiger partial charge in [0, 0.05) is 36.0 Å². The van der Waals surface area contributed by atoms with Crippen molar-refractivity contribution in [3.05, 3.63) is 71.9 Å². The first-order valence-electron chi connectivity index (χ1n) is 13.4. The van der Waals surface area contributed by atoms with Crippen LogP contribution in [0.5, 0.6) is 5.75 Å². The molecule has 1 N–H and O–H groups in total. The largest absolute Gasteiger partial charge is 0.492 e. The predicted molar refractivity (Wildman–Crippen MR) is 152 cm³/mol.